The number of hydrogen-bond donors (Lipinski definition) is 1. The molecule has 5 nitrogen and oxygen atoms in total. The summed E-state index contributed by atoms with van der Waals surface area (Å²) < 4.78 is 10.5. The number of fused-ring (bicyclic) bond motifs is 1. The second-order valence-corrected chi connectivity index (χ2v) is 4.09. The number of carbonyl (C=O) groups excluding carboxylic acids is 1. The third-order valence-corrected chi connectivity index (χ3v) is 2.65. The van der Waals surface area contributed by atoms with Gasteiger partial charge in [0.05, 0.1) is 19.4 Å². The van der Waals surface area contributed by atoms with Gasteiger partial charge in [-0.15, -0.1) is 0 Å². The fourth-order valence-corrected chi connectivity index (χ4v) is 1.79. The SMILES string of the molecule is O=C(O)CCC(=O)Oc1ccc2c(c1)CCCO2. The lowest BCUT2D eigenvalue weighted by Gasteiger charge is -2.17. The largest absolute Gasteiger partial charge is 0.493 e. The topological polar surface area (TPSA) is 72.8 Å². The van der Waals surface area contributed by atoms with Crippen LogP contribution in [0.3, 0.4) is 0 Å². The highest BCUT2D eigenvalue weighted by atomic mass is 16.5. The lowest BCUT2D eigenvalue weighted by Crippen LogP contribution is -2.12. The maximum Gasteiger partial charge on any atom is 0.311 e. The Labute approximate surface area is 104 Å². The average Bonchev–Trinajstić information content (AvgIpc) is 2.36. The van der Waals surface area contributed by atoms with E-state index >= 15 is 0 Å². The van der Waals surface area contributed by atoms with Gasteiger partial charge >= 0.3 is 11.9 Å². The van der Waals surface area contributed by atoms with E-state index in [0.29, 0.717) is 12.4 Å². The molecule has 0 spiro atoms. The fraction of sp³-hybridized carbons (Fsp3) is 0.385. The van der Waals surface area contributed by atoms with Crippen LogP contribution in [0.25, 0.3) is 0 Å². The standard InChI is InChI=1S/C13H14O5/c14-12(15)5-6-13(16)18-10-3-4-11-9(8-10)2-1-7-17-11/h3-4,8H,1-2,5-7H2,(H,14,15). The van der Waals surface area contributed by atoms with Crippen molar-refractivity contribution in [3.8, 4) is 11.5 Å². The number of carbonyl (C=O) groups is 2. The van der Waals surface area contributed by atoms with Crippen LogP contribution in [0.5, 0.6) is 11.5 Å². The fourth-order valence-electron chi connectivity index (χ4n) is 1.79. The zero-order valence-corrected chi connectivity index (χ0v) is 9.85. The van der Waals surface area contributed by atoms with Crippen molar-refractivity contribution >= 4 is 11.9 Å². The van der Waals surface area contributed by atoms with Gasteiger partial charge < -0.3 is 14.6 Å². The predicted molar refractivity (Wildman–Crippen MR) is 62.8 cm³/mol. The van der Waals surface area contributed by atoms with Gasteiger partial charge in [0.2, 0.25) is 0 Å². The lowest BCUT2D eigenvalue weighted by molar-refractivity contribution is -0.142. The van der Waals surface area contributed by atoms with Crippen LogP contribution in [0.1, 0.15) is 24.8 Å². The van der Waals surface area contributed by atoms with Gasteiger partial charge in [0.15, 0.2) is 0 Å². The Morgan fingerprint density at radius 1 is 1.33 bits per heavy atom. The highest BCUT2D eigenvalue weighted by Gasteiger charge is 2.13. The molecule has 96 valence electrons. The quantitative estimate of drug-likeness (QED) is 0.651. The van der Waals surface area contributed by atoms with Gasteiger partial charge in [-0.1, -0.05) is 0 Å². The number of esters is 1. The molecule has 0 unspecified atom stereocenters. The van der Waals surface area contributed by atoms with E-state index in [1.54, 1.807) is 18.2 Å². The van der Waals surface area contributed by atoms with Crippen LogP contribution in [0.2, 0.25) is 0 Å². The zero-order chi connectivity index (χ0) is 13.0. The second kappa shape index (κ2) is 5.53. The number of aryl methyl sites for hydroxylation is 1. The van der Waals surface area contributed by atoms with Crippen LogP contribution in [0.4, 0.5) is 0 Å². The number of carboxylic acids is 1. The minimum absolute atomic E-state index is 0.122. The van der Waals surface area contributed by atoms with E-state index in [2.05, 4.69) is 0 Å². The third kappa shape index (κ3) is 3.23. The highest BCUT2D eigenvalue weighted by molar-refractivity contribution is 5.78. The van der Waals surface area contributed by atoms with E-state index < -0.39 is 11.9 Å². The molecule has 0 aliphatic carbocycles. The second-order valence-electron chi connectivity index (χ2n) is 4.09. The number of benzene rings is 1. The van der Waals surface area contributed by atoms with Gasteiger partial charge in [0.1, 0.15) is 11.5 Å². The summed E-state index contributed by atoms with van der Waals surface area (Å²) in [6.07, 6.45) is 1.51. The summed E-state index contributed by atoms with van der Waals surface area (Å²) in [4.78, 5) is 21.7. The van der Waals surface area contributed by atoms with E-state index in [-0.39, 0.29) is 12.8 Å². The van der Waals surface area contributed by atoms with Gasteiger partial charge in [-0.05, 0) is 36.6 Å². The van der Waals surface area contributed by atoms with E-state index in [1.807, 2.05) is 0 Å². The highest BCUT2D eigenvalue weighted by Crippen LogP contribution is 2.28. The monoisotopic (exact) mass is 250 g/mol. The Balaban J connectivity index is 1.97. The van der Waals surface area contributed by atoms with Crippen LogP contribution in [0, 0.1) is 0 Å². The van der Waals surface area contributed by atoms with Crippen molar-refractivity contribution in [2.45, 2.75) is 25.7 Å². The first-order valence-electron chi connectivity index (χ1n) is 5.83. The average molecular weight is 250 g/mol. The van der Waals surface area contributed by atoms with E-state index in [1.165, 1.54) is 0 Å². The van der Waals surface area contributed by atoms with Crippen molar-refractivity contribution in [3.05, 3.63) is 23.8 Å². The summed E-state index contributed by atoms with van der Waals surface area (Å²) in [5.74, 6) is -0.277. The summed E-state index contributed by atoms with van der Waals surface area (Å²) >= 11 is 0. The molecule has 1 heterocycles. The maximum atomic E-state index is 11.4. The van der Waals surface area contributed by atoms with Crippen LogP contribution in [-0.4, -0.2) is 23.7 Å². The van der Waals surface area contributed by atoms with Crippen molar-refractivity contribution in [2.75, 3.05) is 6.61 Å². The van der Waals surface area contributed by atoms with Crippen LogP contribution >= 0.6 is 0 Å². The first-order chi connectivity index (χ1) is 8.65. The molecule has 1 N–H and O–H groups in total. The van der Waals surface area contributed by atoms with Gasteiger partial charge in [-0.2, -0.15) is 0 Å². The van der Waals surface area contributed by atoms with Gasteiger partial charge in [0.25, 0.3) is 0 Å². The van der Waals surface area contributed by atoms with Crippen molar-refractivity contribution in [1.82, 2.24) is 0 Å². The Morgan fingerprint density at radius 2 is 2.17 bits per heavy atom. The molecular formula is C13H14O5. The molecular weight excluding hydrogens is 236 g/mol. The molecule has 1 aliphatic heterocycles. The number of ether oxygens (including phenoxy) is 2. The van der Waals surface area contributed by atoms with Crippen molar-refractivity contribution in [3.63, 3.8) is 0 Å². The van der Waals surface area contributed by atoms with E-state index in [9.17, 15) is 9.59 Å². The number of carboxylic acid groups (broad SMARTS) is 1. The Morgan fingerprint density at radius 3 is 2.94 bits per heavy atom. The summed E-state index contributed by atoms with van der Waals surface area (Å²) in [6, 6.07) is 5.20. The molecule has 0 bridgehead atoms. The Hall–Kier alpha value is -2.04. The maximum absolute atomic E-state index is 11.4. The van der Waals surface area contributed by atoms with Crippen LogP contribution in [0.15, 0.2) is 18.2 Å². The van der Waals surface area contributed by atoms with Crippen molar-refractivity contribution in [1.29, 1.82) is 0 Å². The first kappa shape index (κ1) is 12.4. The molecule has 2 rings (SSSR count). The van der Waals surface area contributed by atoms with E-state index in [0.717, 1.165) is 24.2 Å². The molecule has 0 aromatic heterocycles. The molecule has 0 amide bonds. The lowest BCUT2D eigenvalue weighted by atomic mass is 10.1. The smallest absolute Gasteiger partial charge is 0.311 e. The van der Waals surface area contributed by atoms with Crippen molar-refractivity contribution < 1.29 is 24.2 Å². The Kier molecular flexibility index (Phi) is 3.82. The van der Waals surface area contributed by atoms with Gasteiger partial charge in [0, 0.05) is 0 Å². The Bertz CT molecular complexity index is 466. The predicted octanol–water partition coefficient (Wildman–Crippen LogP) is 1.78. The molecule has 0 radical (unpaired) electrons. The summed E-state index contributed by atoms with van der Waals surface area (Å²) in [6.45, 7) is 0.713. The minimum Gasteiger partial charge on any atom is -0.493 e. The summed E-state index contributed by atoms with van der Waals surface area (Å²) in [5.41, 5.74) is 1.02. The molecule has 0 saturated heterocycles. The van der Waals surface area contributed by atoms with Gasteiger partial charge in [-0.25, -0.2) is 0 Å². The molecule has 18 heavy (non-hydrogen) atoms. The number of aliphatic carboxylic acids is 1. The zero-order valence-electron chi connectivity index (χ0n) is 9.85. The van der Waals surface area contributed by atoms with Crippen molar-refractivity contribution in [2.24, 2.45) is 0 Å². The minimum atomic E-state index is -1.01. The summed E-state index contributed by atoms with van der Waals surface area (Å²) in [5, 5.41) is 8.46. The molecule has 0 atom stereocenters. The normalized spacial score (nSPS) is 13.3. The molecule has 1 aromatic rings. The van der Waals surface area contributed by atoms with Gasteiger partial charge in [-0.3, -0.25) is 9.59 Å². The molecule has 1 aliphatic rings. The number of rotatable bonds is 4. The molecule has 0 fully saturated rings. The van der Waals surface area contributed by atoms with Crippen LogP contribution in [-0.2, 0) is 16.0 Å². The molecule has 1 aromatic carbocycles. The van der Waals surface area contributed by atoms with Crippen LogP contribution < -0.4 is 9.47 Å². The molecule has 5 heteroatoms. The summed E-state index contributed by atoms with van der Waals surface area (Å²) in [7, 11) is 0. The van der Waals surface area contributed by atoms with E-state index in [4.69, 9.17) is 14.6 Å². The number of hydrogen-bond acceptors (Lipinski definition) is 4. The first-order valence-corrected chi connectivity index (χ1v) is 5.83. The molecule has 0 saturated carbocycles. The third-order valence-electron chi connectivity index (χ3n) is 2.65.